The molecule has 2 aromatic rings. The molecule has 0 bridgehead atoms. The van der Waals surface area contributed by atoms with Crippen LogP contribution in [0.1, 0.15) is 13.8 Å². The minimum Gasteiger partial charge on any atom is -0.493 e. The topological polar surface area (TPSA) is 63.6 Å². The average Bonchev–Trinajstić information content (AvgIpc) is 2.50. The number of rotatable bonds is 6. The number of ether oxygens (including phenoxy) is 2. The van der Waals surface area contributed by atoms with Crippen molar-refractivity contribution in [2.45, 2.75) is 20.0 Å². The molecular formula is C16H22N2O3. The molecule has 1 atom stereocenters. The molecule has 1 heterocycles. The smallest absolute Gasteiger partial charge is 0.161 e. The second-order valence-electron chi connectivity index (χ2n) is 5.28. The van der Waals surface area contributed by atoms with E-state index in [-0.39, 0.29) is 5.92 Å². The van der Waals surface area contributed by atoms with E-state index in [1.807, 2.05) is 32.0 Å². The van der Waals surface area contributed by atoms with Gasteiger partial charge < -0.3 is 19.9 Å². The van der Waals surface area contributed by atoms with Gasteiger partial charge in [0, 0.05) is 18.1 Å². The molecule has 0 fully saturated rings. The second kappa shape index (κ2) is 6.63. The van der Waals surface area contributed by atoms with E-state index in [1.165, 1.54) is 0 Å². The predicted molar refractivity (Wildman–Crippen MR) is 84.2 cm³/mol. The molecule has 2 N–H and O–H groups in total. The summed E-state index contributed by atoms with van der Waals surface area (Å²) in [6.45, 7) is 4.42. The average molecular weight is 290 g/mol. The van der Waals surface area contributed by atoms with Gasteiger partial charge >= 0.3 is 0 Å². The number of hydrogen-bond acceptors (Lipinski definition) is 5. The number of hydrogen-bond donors (Lipinski definition) is 2. The van der Waals surface area contributed by atoms with Crippen LogP contribution in [-0.4, -0.2) is 37.0 Å². The zero-order valence-electron chi connectivity index (χ0n) is 12.9. The van der Waals surface area contributed by atoms with Gasteiger partial charge in [-0.05, 0) is 29.5 Å². The number of nitrogens with one attached hydrogen (secondary N) is 1. The number of aromatic nitrogens is 1. The summed E-state index contributed by atoms with van der Waals surface area (Å²) in [5.74, 6) is 2.27. The highest BCUT2D eigenvalue weighted by Crippen LogP contribution is 2.34. The number of aliphatic hydroxyl groups is 1. The highest BCUT2D eigenvalue weighted by molar-refractivity contribution is 5.94. The van der Waals surface area contributed by atoms with Crippen LogP contribution < -0.4 is 14.8 Å². The Morgan fingerprint density at radius 3 is 2.48 bits per heavy atom. The van der Waals surface area contributed by atoms with E-state index in [1.54, 1.807) is 20.4 Å². The molecule has 0 radical (unpaired) electrons. The number of aliphatic hydroxyl groups excluding tert-OH is 1. The zero-order chi connectivity index (χ0) is 15.4. The molecule has 1 aromatic heterocycles. The number of methoxy groups -OCH3 is 2. The van der Waals surface area contributed by atoms with Crippen molar-refractivity contribution in [2.24, 2.45) is 5.92 Å². The van der Waals surface area contributed by atoms with Crippen molar-refractivity contribution in [3.63, 3.8) is 0 Å². The fourth-order valence-corrected chi connectivity index (χ4v) is 2.08. The van der Waals surface area contributed by atoms with Crippen LogP contribution in [0.3, 0.4) is 0 Å². The van der Waals surface area contributed by atoms with E-state index in [0.29, 0.717) is 18.0 Å². The number of anilines is 1. The van der Waals surface area contributed by atoms with Gasteiger partial charge in [-0.2, -0.15) is 0 Å². The van der Waals surface area contributed by atoms with Crippen molar-refractivity contribution in [1.82, 2.24) is 4.98 Å². The van der Waals surface area contributed by atoms with Crippen molar-refractivity contribution in [3.8, 4) is 11.5 Å². The molecule has 1 aromatic carbocycles. The van der Waals surface area contributed by atoms with Crippen LogP contribution in [0.4, 0.5) is 5.82 Å². The molecule has 5 nitrogen and oxygen atoms in total. The first-order valence-electron chi connectivity index (χ1n) is 6.99. The van der Waals surface area contributed by atoms with E-state index < -0.39 is 6.10 Å². The third kappa shape index (κ3) is 3.36. The van der Waals surface area contributed by atoms with E-state index in [4.69, 9.17) is 9.47 Å². The predicted octanol–water partition coefficient (Wildman–Crippen LogP) is 2.68. The SMILES string of the molecule is COc1cc2ccnc(NCC(O)C(C)C)c2cc1OC. The van der Waals surface area contributed by atoms with Gasteiger partial charge in [0.15, 0.2) is 11.5 Å². The lowest BCUT2D eigenvalue weighted by Crippen LogP contribution is -2.25. The first-order valence-corrected chi connectivity index (χ1v) is 6.99. The summed E-state index contributed by atoms with van der Waals surface area (Å²) >= 11 is 0. The Bertz CT molecular complexity index is 614. The molecule has 5 heteroatoms. The molecule has 0 aliphatic carbocycles. The van der Waals surface area contributed by atoms with Crippen LogP contribution in [0, 0.1) is 5.92 Å². The maximum atomic E-state index is 9.91. The van der Waals surface area contributed by atoms with Gasteiger partial charge in [-0.1, -0.05) is 13.8 Å². The summed E-state index contributed by atoms with van der Waals surface area (Å²) in [5.41, 5.74) is 0. The highest BCUT2D eigenvalue weighted by Gasteiger charge is 2.12. The highest BCUT2D eigenvalue weighted by atomic mass is 16.5. The standard InChI is InChI=1S/C16H22N2O3/c1-10(2)13(19)9-18-16-12-8-15(21-4)14(20-3)7-11(12)5-6-17-16/h5-8,10,13,19H,9H2,1-4H3,(H,17,18). The van der Waals surface area contributed by atoms with Crippen molar-refractivity contribution >= 4 is 16.6 Å². The van der Waals surface area contributed by atoms with Crippen molar-refractivity contribution in [1.29, 1.82) is 0 Å². The Balaban J connectivity index is 2.36. The summed E-state index contributed by atoms with van der Waals surface area (Å²) in [7, 11) is 3.22. The van der Waals surface area contributed by atoms with E-state index in [9.17, 15) is 5.11 Å². The van der Waals surface area contributed by atoms with Gasteiger partial charge in [0.25, 0.3) is 0 Å². The minimum absolute atomic E-state index is 0.196. The number of fused-ring (bicyclic) bond motifs is 1. The van der Waals surface area contributed by atoms with Gasteiger partial charge in [0.05, 0.1) is 20.3 Å². The van der Waals surface area contributed by atoms with Crippen molar-refractivity contribution < 1.29 is 14.6 Å². The normalized spacial score (nSPS) is 12.5. The molecule has 0 spiro atoms. The van der Waals surface area contributed by atoms with Gasteiger partial charge in [-0.3, -0.25) is 0 Å². The molecular weight excluding hydrogens is 268 g/mol. The lowest BCUT2D eigenvalue weighted by Gasteiger charge is -2.17. The molecule has 2 rings (SSSR count). The quantitative estimate of drug-likeness (QED) is 0.856. The Morgan fingerprint density at radius 2 is 1.86 bits per heavy atom. The summed E-state index contributed by atoms with van der Waals surface area (Å²) < 4.78 is 10.6. The Hall–Kier alpha value is -2.01. The van der Waals surface area contributed by atoms with Crippen LogP contribution in [0.2, 0.25) is 0 Å². The third-order valence-electron chi connectivity index (χ3n) is 3.52. The first-order chi connectivity index (χ1) is 10.1. The van der Waals surface area contributed by atoms with Gasteiger partial charge in [0.2, 0.25) is 0 Å². The van der Waals surface area contributed by atoms with Crippen LogP contribution in [0.25, 0.3) is 10.8 Å². The van der Waals surface area contributed by atoms with Gasteiger partial charge in [-0.15, -0.1) is 0 Å². The van der Waals surface area contributed by atoms with Crippen LogP contribution in [0.15, 0.2) is 24.4 Å². The molecule has 21 heavy (non-hydrogen) atoms. The lowest BCUT2D eigenvalue weighted by atomic mass is 10.1. The fourth-order valence-electron chi connectivity index (χ4n) is 2.08. The monoisotopic (exact) mass is 290 g/mol. The van der Waals surface area contributed by atoms with E-state index in [0.717, 1.165) is 16.6 Å². The van der Waals surface area contributed by atoms with Gasteiger partial charge in [-0.25, -0.2) is 4.98 Å². The van der Waals surface area contributed by atoms with Gasteiger partial charge in [0.1, 0.15) is 5.82 Å². The molecule has 0 amide bonds. The van der Waals surface area contributed by atoms with E-state index in [2.05, 4.69) is 10.3 Å². The van der Waals surface area contributed by atoms with E-state index >= 15 is 0 Å². The van der Waals surface area contributed by atoms with Crippen molar-refractivity contribution in [3.05, 3.63) is 24.4 Å². The lowest BCUT2D eigenvalue weighted by molar-refractivity contribution is 0.138. The molecule has 0 saturated carbocycles. The molecule has 0 aliphatic rings. The molecule has 0 saturated heterocycles. The largest absolute Gasteiger partial charge is 0.493 e. The fraction of sp³-hybridized carbons (Fsp3) is 0.438. The Morgan fingerprint density at radius 1 is 1.19 bits per heavy atom. The maximum Gasteiger partial charge on any atom is 0.161 e. The number of benzene rings is 1. The molecule has 1 unspecified atom stereocenters. The molecule has 0 aliphatic heterocycles. The molecule has 114 valence electrons. The zero-order valence-corrected chi connectivity index (χ0v) is 12.9. The first kappa shape index (κ1) is 15.4. The van der Waals surface area contributed by atoms with Crippen molar-refractivity contribution in [2.75, 3.05) is 26.1 Å². The third-order valence-corrected chi connectivity index (χ3v) is 3.52. The summed E-state index contributed by atoms with van der Waals surface area (Å²) in [6, 6.07) is 5.73. The summed E-state index contributed by atoms with van der Waals surface area (Å²) in [6.07, 6.45) is 1.32. The summed E-state index contributed by atoms with van der Waals surface area (Å²) in [5, 5.41) is 15.0. The summed E-state index contributed by atoms with van der Waals surface area (Å²) in [4.78, 5) is 4.35. The van der Waals surface area contributed by atoms with Crippen LogP contribution in [-0.2, 0) is 0 Å². The minimum atomic E-state index is -0.415. The number of nitrogens with zero attached hydrogens (tertiary/aromatic N) is 1. The maximum absolute atomic E-state index is 9.91. The van der Waals surface area contributed by atoms with Crippen LogP contribution >= 0.6 is 0 Å². The Labute approximate surface area is 124 Å². The second-order valence-corrected chi connectivity index (χ2v) is 5.28. The Kier molecular flexibility index (Phi) is 4.85. The number of pyridine rings is 1. The van der Waals surface area contributed by atoms with Crippen LogP contribution in [0.5, 0.6) is 11.5 Å².